The van der Waals surface area contributed by atoms with Crippen LogP contribution in [0.3, 0.4) is 0 Å². The summed E-state index contributed by atoms with van der Waals surface area (Å²) in [6, 6.07) is 6.39. The van der Waals surface area contributed by atoms with Gasteiger partial charge < -0.3 is 19.0 Å². The van der Waals surface area contributed by atoms with Gasteiger partial charge in [0.05, 0.1) is 16.4 Å². The summed E-state index contributed by atoms with van der Waals surface area (Å²) in [6.07, 6.45) is 5.89. The van der Waals surface area contributed by atoms with E-state index in [4.69, 9.17) is 13.9 Å². The predicted molar refractivity (Wildman–Crippen MR) is 182 cm³/mol. The minimum Gasteiger partial charge on any atom is -0.542 e. The Morgan fingerprint density at radius 3 is 2.05 bits per heavy atom. The number of aromatic hydroxyl groups is 1. The van der Waals surface area contributed by atoms with E-state index in [9.17, 15) is 13.9 Å². The Morgan fingerprint density at radius 1 is 0.907 bits per heavy atom. The highest BCUT2D eigenvalue weighted by Gasteiger charge is 2.39. The lowest BCUT2D eigenvalue weighted by Crippen LogP contribution is -2.44. The van der Waals surface area contributed by atoms with E-state index in [1.54, 1.807) is 22.9 Å². The average molecular weight is 839 g/mol. The zero-order valence-corrected chi connectivity index (χ0v) is 30.4. The van der Waals surface area contributed by atoms with Gasteiger partial charge in [-0.15, -0.1) is 0 Å². The van der Waals surface area contributed by atoms with Gasteiger partial charge in [-0.3, -0.25) is 0 Å². The van der Waals surface area contributed by atoms with Crippen LogP contribution in [0.4, 0.5) is 8.78 Å². The Balaban J connectivity index is 0.000000180. The highest BCUT2D eigenvalue weighted by atomic mass is 127. The fourth-order valence-electron chi connectivity index (χ4n) is 5.02. The maximum absolute atomic E-state index is 14.8. The lowest BCUT2D eigenvalue weighted by atomic mass is 10.2. The van der Waals surface area contributed by atoms with Gasteiger partial charge >= 0.3 is 0 Å². The van der Waals surface area contributed by atoms with Crippen LogP contribution in [0, 0.1) is 19.0 Å². The Morgan fingerprint density at radius 2 is 1.49 bits per heavy atom. The second-order valence-electron chi connectivity index (χ2n) is 12.6. The molecule has 13 heteroatoms. The molecule has 0 spiro atoms. The van der Waals surface area contributed by atoms with Crippen LogP contribution >= 0.6 is 45.2 Å². The van der Waals surface area contributed by atoms with Gasteiger partial charge in [-0.05, 0) is 120 Å². The zero-order chi connectivity index (χ0) is 31.1. The third-order valence-electron chi connectivity index (χ3n) is 8.49. The van der Waals surface area contributed by atoms with Gasteiger partial charge in [0.25, 0.3) is 8.32 Å². The summed E-state index contributed by atoms with van der Waals surface area (Å²) in [6.45, 7) is 12.1. The molecule has 2 aromatic heterocycles. The number of halogens is 4. The second-order valence-corrected chi connectivity index (χ2v) is 19.3. The molecule has 0 aliphatic carbocycles. The Labute approximate surface area is 278 Å². The van der Waals surface area contributed by atoms with Crippen molar-refractivity contribution in [3.05, 3.63) is 43.3 Å². The molecule has 1 N–H and O–H groups in total. The number of phenols is 1. The molecule has 0 saturated carbocycles. The van der Waals surface area contributed by atoms with Crippen molar-refractivity contribution in [1.29, 1.82) is 0 Å². The van der Waals surface area contributed by atoms with Gasteiger partial charge in [-0.1, -0.05) is 20.8 Å². The normalized spacial score (nSPS) is 19.8. The molecule has 0 radical (unpaired) electrons. The summed E-state index contributed by atoms with van der Waals surface area (Å²) in [7, 11) is -2.10. The average Bonchev–Trinajstić information content (AvgIpc) is 3.48. The summed E-state index contributed by atoms with van der Waals surface area (Å²) < 4.78 is 51.3. The number of benzene rings is 2. The molecular weight excluding hydrogens is 800 g/mol. The van der Waals surface area contributed by atoms with Crippen molar-refractivity contribution in [2.24, 2.45) is 0 Å². The largest absolute Gasteiger partial charge is 0.542 e. The molecule has 0 amide bonds. The van der Waals surface area contributed by atoms with Crippen LogP contribution in [0.5, 0.6) is 11.5 Å². The summed E-state index contributed by atoms with van der Waals surface area (Å²) in [5.41, 5.74) is 1.44. The molecule has 43 heavy (non-hydrogen) atoms. The van der Waals surface area contributed by atoms with Crippen LogP contribution < -0.4 is 4.43 Å². The molecule has 4 heterocycles. The van der Waals surface area contributed by atoms with Crippen LogP contribution in [0.25, 0.3) is 21.8 Å². The van der Waals surface area contributed by atoms with Crippen molar-refractivity contribution in [3.8, 4) is 11.5 Å². The number of rotatable bonds is 4. The van der Waals surface area contributed by atoms with Crippen molar-refractivity contribution >= 4 is 75.3 Å². The summed E-state index contributed by atoms with van der Waals surface area (Å²) >= 11 is 4.18. The molecule has 2 aliphatic rings. The standard InChI is InChI=1S/C18H26FIN2O2Si.C12H12FIN2O2/c1-18(2,3)25(4,5)24-15-10-12-14(11-13(15)19)22(21-17(12)20)16-8-6-7-9-23-16;13-11-8(17)5-4-7-10(11)12(14)15-16(7)9-3-1-2-6-18-9/h10-11,16H,6-9H2,1-5H3;4-5,9,17H,1-3,6H2. The molecule has 8 nitrogen and oxygen atoms in total. The molecule has 2 fully saturated rings. The fourth-order valence-corrected chi connectivity index (χ4v) is 7.44. The number of hydrogen-bond acceptors (Lipinski definition) is 6. The maximum atomic E-state index is 14.8. The van der Waals surface area contributed by atoms with Crippen molar-refractivity contribution < 1.29 is 27.8 Å². The lowest BCUT2D eigenvalue weighted by Gasteiger charge is -2.36. The van der Waals surface area contributed by atoms with E-state index in [0.717, 1.165) is 59.7 Å². The minimum absolute atomic E-state index is 0.0155. The first-order chi connectivity index (χ1) is 20.3. The van der Waals surface area contributed by atoms with E-state index < -0.39 is 14.1 Å². The maximum Gasteiger partial charge on any atom is 0.250 e. The first kappa shape index (κ1) is 32.8. The van der Waals surface area contributed by atoms with Crippen molar-refractivity contribution in [2.75, 3.05) is 13.2 Å². The van der Waals surface area contributed by atoms with Crippen molar-refractivity contribution in [3.63, 3.8) is 0 Å². The van der Waals surface area contributed by atoms with Gasteiger partial charge in [0, 0.05) is 24.7 Å². The number of aromatic nitrogens is 4. The molecular formula is C30H38F2I2N4O4Si. The van der Waals surface area contributed by atoms with Crippen LogP contribution in [0.1, 0.15) is 71.8 Å². The van der Waals surface area contributed by atoms with Gasteiger partial charge in [-0.2, -0.15) is 10.2 Å². The third kappa shape index (κ3) is 6.84. The number of nitrogens with zero attached hydrogens (tertiary/aromatic N) is 4. The van der Waals surface area contributed by atoms with Crippen molar-refractivity contribution in [2.45, 2.75) is 89.9 Å². The highest BCUT2D eigenvalue weighted by molar-refractivity contribution is 14.1. The second kappa shape index (κ2) is 13.0. The fraction of sp³-hybridized carbons (Fsp3) is 0.533. The number of phenolic OH excluding ortho intramolecular Hbond substituents is 1. The predicted octanol–water partition coefficient (Wildman–Crippen LogP) is 9.05. The van der Waals surface area contributed by atoms with Crippen molar-refractivity contribution in [1.82, 2.24) is 19.6 Å². The van der Waals surface area contributed by atoms with Gasteiger partial charge in [-0.25, -0.2) is 18.1 Å². The van der Waals surface area contributed by atoms with Crippen LogP contribution in [0.15, 0.2) is 24.3 Å². The highest BCUT2D eigenvalue weighted by Crippen LogP contribution is 2.40. The summed E-state index contributed by atoms with van der Waals surface area (Å²) in [5, 5.41) is 19.7. The first-order valence-electron chi connectivity index (χ1n) is 14.6. The summed E-state index contributed by atoms with van der Waals surface area (Å²) in [5.74, 6) is -0.949. The number of hydrogen-bond donors (Lipinski definition) is 1. The summed E-state index contributed by atoms with van der Waals surface area (Å²) in [4.78, 5) is 0. The van der Waals surface area contributed by atoms with E-state index in [1.165, 1.54) is 6.07 Å². The van der Waals surface area contributed by atoms with E-state index in [0.29, 0.717) is 27.0 Å². The van der Waals surface area contributed by atoms with Crippen LogP contribution in [-0.4, -0.2) is 46.2 Å². The lowest BCUT2D eigenvalue weighted by molar-refractivity contribution is -0.0369. The number of ether oxygens (including phenoxy) is 2. The van der Waals surface area contributed by atoms with Gasteiger partial charge in [0.15, 0.2) is 29.8 Å². The Hall–Kier alpha value is -1.56. The molecule has 4 aromatic rings. The molecule has 2 unspecified atom stereocenters. The van der Waals surface area contributed by atoms with Crippen LogP contribution in [-0.2, 0) is 9.47 Å². The molecule has 2 atom stereocenters. The smallest absolute Gasteiger partial charge is 0.250 e. The quantitative estimate of drug-likeness (QED) is 0.163. The first-order valence-corrected chi connectivity index (χ1v) is 19.7. The van der Waals surface area contributed by atoms with E-state index in [1.807, 2.05) is 27.3 Å². The topological polar surface area (TPSA) is 83.6 Å². The van der Waals surface area contributed by atoms with E-state index in [2.05, 4.69) is 66.7 Å². The molecule has 0 bridgehead atoms. The monoisotopic (exact) mass is 838 g/mol. The zero-order valence-electron chi connectivity index (χ0n) is 25.1. The van der Waals surface area contributed by atoms with Gasteiger partial charge in [0.2, 0.25) is 0 Å². The van der Waals surface area contributed by atoms with Crippen LogP contribution in [0.2, 0.25) is 18.1 Å². The molecule has 6 rings (SSSR count). The Kier molecular flexibility index (Phi) is 9.96. The minimum atomic E-state index is -2.10. The third-order valence-corrected chi connectivity index (χ3v) is 14.4. The molecule has 2 saturated heterocycles. The molecule has 2 aliphatic heterocycles. The molecule has 2 aromatic carbocycles. The molecule has 234 valence electrons. The Bertz CT molecular complexity index is 1610. The van der Waals surface area contributed by atoms with E-state index >= 15 is 0 Å². The number of fused-ring (bicyclic) bond motifs is 2. The van der Waals surface area contributed by atoms with E-state index in [-0.39, 0.29) is 29.1 Å². The van der Waals surface area contributed by atoms with Gasteiger partial charge in [0.1, 0.15) is 13.2 Å². The SMILES string of the molecule is CC(C)(C)[Si](C)(C)Oc1cc2c(I)nn(C3CCCCO3)c2cc1F.Oc1ccc2c(c(I)nn2C2CCCCO2)c1F.